The van der Waals surface area contributed by atoms with Crippen LogP contribution in [0.25, 0.3) is 0 Å². The molecule has 0 radical (unpaired) electrons. The minimum atomic E-state index is -0.928. The Morgan fingerprint density at radius 2 is 1.62 bits per heavy atom. The first-order valence-electron chi connectivity index (χ1n) is 6.71. The molecule has 2 atom stereocenters. The van der Waals surface area contributed by atoms with Crippen LogP contribution in [0.4, 0.5) is 0 Å². The van der Waals surface area contributed by atoms with Crippen LogP contribution in [0.5, 0.6) is 0 Å². The largest absolute Gasteiger partial charge is 0.377 e. The Morgan fingerprint density at radius 1 is 1.00 bits per heavy atom. The molecule has 2 aromatic carbocycles. The van der Waals surface area contributed by atoms with E-state index in [0.717, 1.165) is 11.1 Å². The van der Waals surface area contributed by atoms with Crippen molar-refractivity contribution < 1.29 is 14.6 Å². The lowest BCUT2D eigenvalue weighted by Crippen LogP contribution is -2.20. The lowest BCUT2D eigenvalue weighted by Gasteiger charge is -2.19. The summed E-state index contributed by atoms with van der Waals surface area (Å²) in [5.41, 5.74) is 1.72. The van der Waals surface area contributed by atoms with Crippen molar-refractivity contribution in [3.63, 3.8) is 0 Å². The number of aliphatic hydroxyl groups excluding tert-OH is 1. The smallest absolute Gasteiger partial charge is 0.147 e. The van der Waals surface area contributed by atoms with Crippen LogP contribution in [-0.4, -0.2) is 25.1 Å². The van der Waals surface area contributed by atoms with Crippen LogP contribution < -0.4 is 0 Å². The van der Waals surface area contributed by atoms with E-state index in [1.807, 2.05) is 60.7 Å². The third-order valence-corrected chi connectivity index (χ3v) is 2.92. The molecule has 0 aromatic heterocycles. The number of aliphatic hydroxyl groups is 1. The van der Waals surface area contributed by atoms with Crippen molar-refractivity contribution in [1.29, 1.82) is 0 Å². The molecule has 0 amide bonds. The topological polar surface area (TPSA) is 38.7 Å². The highest BCUT2D eigenvalue weighted by Gasteiger charge is 2.20. The fourth-order valence-corrected chi connectivity index (χ4v) is 1.91. The van der Waals surface area contributed by atoms with Gasteiger partial charge in [0.05, 0.1) is 0 Å². The van der Waals surface area contributed by atoms with Gasteiger partial charge in [-0.15, -0.1) is 0 Å². The van der Waals surface area contributed by atoms with Gasteiger partial charge in [-0.2, -0.15) is 0 Å². The average molecular weight is 282 g/mol. The highest BCUT2D eigenvalue weighted by molar-refractivity contribution is 5.35. The van der Waals surface area contributed by atoms with Crippen molar-refractivity contribution in [2.24, 2.45) is 0 Å². The van der Waals surface area contributed by atoms with Gasteiger partial charge in [-0.1, -0.05) is 60.4 Å². The van der Waals surface area contributed by atoms with Gasteiger partial charge in [-0.3, -0.25) is 0 Å². The predicted molar refractivity (Wildman–Crippen MR) is 81.5 cm³/mol. The molecule has 0 aliphatic heterocycles. The molecule has 3 nitrogen and oxygen atoms in total. The average Bonchev–Trinajstić information content (AvgIpc) is 2.55. The quantitative estimate of drug-likeness (QED) is 0.677. The van der Waals surface area contributed by atoms with Crippen molar-refractivity contribution in [3.8, 4) is 11.8 Å². The van der Waals surface area contributed by atoms with Gasteiger partial charge in [-0.25, -0.2) is 0 Å². The zero-order valence-corrected chi connectivity index (χ0v) is 11.9. The fraction of sp³-hybridized carbons (Fsp3) is 0.222. The van der Waals surface area contributed by atoms with E-state index in [-0.39, 0.29) is 6.79 Å². The molecule has 0 spiro atoms. The van der Waals surface area contributed by atoms with E-state index in [1.54, 1.807) is 7.11 Å². The second-order valence-corrected chi connectivity index (χ2v) is 4.48. The number of rotatable bonds is 5. The van der Waals surface area contributed by atoms with Gasteiger partial charge in [0, 0.05) is 12.7 Å². The van der Waals surface area contributed by atoms with Crippen LogP contribution in [-0.2, 0) is 9.47 Å². The fourth-order valence-electron chi connectivity index (χ4n) is 1.91. The predicted octanol–water partition coefficient (Wildman–Crippen LogP) is 2.76. The standard InChI is InChI=1S/C18H18O3/c1-20-14-21-18(16-10-6-3-7-11-16)17(19)13-12-15-8-4-2-5-9-15/h2-11,17-19H,14H2,1H3/t17-,18+/m1/s1. The van der Waals surface area contributed by atoms with Crippen molar-refractivity contribution >= 4 is 0 Å². The van der Waals surface area contributed by atoms with Gasteiger partial charge >= 0.3 is 0 Å². The lowest BCUT2D eigenvalue weighted by molar-refractivity contribution is -0.102. The molecule has 0 heterocycles. The van der Waals surface area contributed by atoms with Crippen molar-refractivity contribution in [3.05, 3.63) is 71.8 Å². The molecular formula is C18H18O3. The van der Waals surface area contributed by atoms with Crippen molar-refractivity contribution in [2.45, 2.75) is 12.2 Å². The minimum Gasteiger partial charge on any atom is -0.377 e. The molecule has 2 rings (SSSR count). The number of methoxy groups -OCH3 is 1. The van der Waals surface area contributed by atoms with Crippen molar-refractivity contribution in [1.82, 2.24) is 0 Å². The maximum absolute atomic E-state index is 10.3. The summed E-state index contributed by atoms with van der Waals surface area (Å²) in [6, 6.07) is 19.0. The molecule has 0 saturated heterocycles. The van der Waals surface area contributed by atoms with E-state index < -0.39 is 12.2 Å². The summed E-state index contributed by atoms with van der Waals surface area (Å²) < 4.78 is 10.5. The molecule has 0 saturated carbocycles. The summed E-state index contributed by atoms with van der Waals surface area (Å²) >= 11 is 0. The first-order chi connectivity index (χ1) is 10.3. The molecule has 0 bridgehead atoms. The van der Waals surface area contributed by atoms with Crippen LogP contribution in [0.1, 0.15) is 17.2 Å². The Morgan fingerprint density at radius 3 is 2.24 bits per heavy atom. The van der Waals surface area contributed by atoms with E-state index in [1.165, 1.54) is 0 Å². The highest BCUT2D eigenvalue weighted by Crippen LogP contribution is 2.21. The van der Waals surface area contributed by atoms with E-state index in [4.69, 9.17) is 9.47 Å². The summed E-state index contributed by atoms with van der Waals surface area (Å²) in [6.45, 7) is 0.101. The molecule has 108 valence electrons. The van der Waals surface area contributed by atoms with Gasteiger partial charge < -0.3 is 14.6 Å². The Kier molecular flexibility index (Phi) is 5.99. The maximum Gasteiger partial charge on any atom is 0.147 e. The highest BCUT2D eigenvalue weighted by atomic mass is 16.7. The zero-order chi connectivity index (χ0) is 14.9. The van der Waals surface area contributed by atoms with Crippen LogP contribution in [0.2, 0.25) is 0 Å². The second-order valence-electron chi connectivity index (χ2n) is 4.48. The van der Waals surface area contributed by atoms with E-state index in [2.05, 4.69) is 11.8 Å². The van der Waals surface area contributed by atoms with Gasteiger partial charge in [-0.05, 0) is 17.7 Å². The van der Waals surface area contributed by atoms with Crippen LogP contribution >= 0.6 is 0 Å². The third kappa shape index (κ3) is 4.73. The van der Waals surface area contributed by atoms with Crippen LogP contribution in [0, 0.1) is 11.8 Å². The molecule has 0 aliphatic rings. The normalized spacial score (nSPS) is 13.0. The van der Waals surface area contributed by atoms with E-state index >= 15 is 0 Å². The Bertz CT molecular complexity index is 584. The SMILES string of the molecule is COCO[C@@H](c1ccccc1)[C@H](O)C#Cc1ccccc1. The summed E-state index contributed by atoms with van der Waals surface area (Å²) in [4.78, 5) is 0. The number of ether oxygens (including phenoxy) is 2. The molecule has 2 aromatic rings. The van der Waals surface area contributed by atoms with E-state index in [9.17, 15) is 5.11 Å². The van der Waals surface area contributed by atoms with Gasteiger partial charge in [0.1, 0.15) is 19.0 Å². The number of benzene rings is 2. The van der Waals surface area contributed by atoms with Crippen LogP contribution in [0.3, 0.4) is 0 Å². The number of hydrogen-bond donors (Lipinski definition) is 1. The second kappa shape index (κ2) is 8.23. The summed E-state index contributed by atoms with van der Waals surface area (Å²) in [5.74, 6) is 5.78. The molecule has 0 fully saturated rings. The lowest BCUT2D eigenvalue weighted by atomic mass is 10.0. The summed E-state index contributed by atoms with van der Waals surface area (Å²) in [7, 11) is 1.55. The number of hydrogen-bond acceptors (Lipinski definition) is 3. The first-order valence-corrected chi connectivity index (χ1v) is 6.71. The summed E-state index contributed by atoms with van der Waals surface area (Å²) in [5, 5.41) is 10.3. The Labute approximate surface area is 125 Å². The molecule has 0 aliphatic carbocycles. The Balaban J connectivity index is 2.15. The molecule has 21 heavy (non-hydrogen) atoms. The molecular weight excluding hydrogens is 264 g/mol. The zero-order valence-electron chi connectivity index (χ0n) is 11.9. The molecule has 0 unspecified atom stereocenters. The maximum atomic E-state index is 10.3. The van der Waals surface area contributed by atoms with Crippen LogP contribution in [0.15, 0.2) is 60.7 Å². The minimum absolute atomic E-state index is 0.101. The first kappa shape index (κ1) is 15.3. The van der Waals surface area contributed by atoms with Crippen molar-refractivity contribution in [2.75, 3.05) is 13.9 Å². The Hall–Kier alpha value is -2.12. The third-order valence-electron chi connectivity index (χ3n) is 2.92. The monoisotopic (exact) mass is 282 g/mol. The molecule has 3 heteroatoms. The summed E-state index contributed by atoms with van der Waals surface area (Å²) in [6.07, 6.45) is -1.47. The van der Waals surface area contributed by atoms with Gasteiger partial charge in [0.2, 0.25) is 0 Å². The van der Waals surface area contributed by atoms with E-state index in [0.29, 0.717) is 0 Å². The molecule has 1 N–H and O–H groups in total. The van der Waals surface area contributed by atoms with Gasteiger partial charge in [0.25, 0.3) is 0 Å². The van der Waals surface area contributed by atoms with Gasteiger partial charge in [0.15, 0.2) is 0 Å².